The van der Waals surface area contributed by atoms with Crippen LogP contribution in [0, 0.1) is 18.3 Å². The molecule has 7 nitrogen and oxygen atoms in total. The fourth-order valence-electron chi connectivity index (χ4n) is 3.09. The maximum absolute atomic E-state index is 12.4. The Morgan fingerprint density at radius 3 is 2.59 bits per heavy atom. The third-order valence-electron chi connectivity index (χ3n) is 4.63. The van der Waals surface area contributed by atoms with Crippen LogP contribution in [0.4, 0.5) is 5.82 Å². The first-order chi connectivity index (χ1) is 13.1. The van der Waals surface area contributed by atoms with E-state index < -0.39 is 0 Å². The van der Waals surface area contributed by atoms with Gasteiger partial charge in [0.1, 0.15) is 11.9 Å². The Balaban J connectivity index is 1.52. The van der Waals surface area contributed by atoms with Gasteiger partial charge in [-0.1, -0.05) is 18.2 Å². The fourth-order valence-corrected chi connectivity index (χ4v) is 3.09. The zero-order valence-corrected chi connectivity index (χ0v) is 15.2. The van der Waals surface area contributed by atoms with Gasteiger partial charge in [0.2, 0.25) is 5.91 Å². The molecule has 138 valence electrons. The van der Waals surface area contributed by atoms with Crippen LogP contribution >= 0.6 is 0 Å². The van der Waals surface area contributed by atoms with E-state index in [0.717, 1.165) is 5.56 Å². The summed E-state index contributed by atoms with van der Waals surface area (Å²) in [6, 6.07) is 12.9. The van der Waals surface area contributed by atoms with Crippen LogP contribution in [0.5, 0.6) is 0 Å². The summed E-state index contributed by atoms with van der Waals surface area (Å²) in [4.78, 5) is 32.7. The molecule has 1 aliphatic heterocycles. The molecule has 7 heteroatoms. The van der Waals surface area contributed by atoms with Crippen LogP contribution in [-0.4, -0.2) is 54.4 Å². The minimum absolute atomic E-state index is 0.0276. The molecule has 0 radical (unpaired) electrons. The van der Waals surface area contributed by atoms with Crippen LogP contribution < -0.4 is 10.2 Å². The smallest absolute Gasteiger partial charge is 0.251 e. The van der Waals surface area contributed by atoms with Gasteiger partial charge in [-0.05, 0) is 30.7 Å². The van der Waals surface area contributed by atoms with E-state index in [-0.39, 0.29) is 18.4 Å². The minimum Gasteiger partial charge on any atom is -0.352 e. The Morgan fingerprint density at radius 2 is 1.89 bits per heavy atom. The summed E-state index contributed by atoms with van der Waals surface area (Å²) in [7, 11) is 0. The SMILES string of the molecule is Cc1ccccc1C(=O)NCC(=O)N1CCN(c2ncccc2C#N)CC1. The highest BCUT2D eigenvalue weighted by atomic mass is 16.2. The van der Waals surface area contributed by atoms with Crippen LogP contribution in [0.3, 0.4) is 0 Å². The number of hydrogen-bond donors (Lipinski definition) is 1. The lowest BCUT2D eigenvalue weighted by molar-refractivity contribution is -0.130. The molecule has 1 aromatic carbocycles. The summed E-state index contributed by atoms with van der Waals surface area (Å²) in [6.07, 6.45) is 1.66. The van der Waals surface area contributed by atoms with E-state index in [1.165, 1.54) is 0 Å². The first kappa shape index (κ1) is 18.4. The van der Waals surface area contributed by atoms with Crippen LogP contribution in [0.2, 0.25) is 0 Å². The van der Waals surface area contributed by atoms with E-state index >= 15 is 0 Å². The molecule has 2 amide bonds. The minimum atomic E-state index is -0.243. The molecule has 27 heavy (non-hydrogen) atoms. The van der Waals surface area contributed by atoms with Gasteiger partial charge in [0.05, 0.1) is 12.1 Å². The predicted octanol–water partition coefficient (Wildman–Crippen LogP) is 1.34. The van der Waals surface area contributed by atoms with Gasteiger partial charge in [0.15, 0.2) is 0 Å². The maximum atomic E-state index is 12.4. The fraction of sp³-hybridized carbons (Fsp3) is 0.300. The van der Waals surface area contributed by atoms with Crippen molar-refractivity contribution in [3.8, 4) is 6.07 Å². The third-order valence-corrected chi connectivity index (χ3v) is 4.63. The van der Waals surface area contributed by atoms with Gasteiger partial charge in [-0.25, -0.2) is 4.98 Å². The first-order valence-corrected chi connectivity index (χ1v) is 8.82. The molecule has 1 saturated heterocycles. The lowest BCUT2D eigenvalue weighted by Gasteiger charge is -2.35. The molecule has 0 atom stereocenters. The van der Waals surface area contributed by atoms with E-state index in [1.807, 2.05) is 24.0 Å². The Bertz CT molecular complexity index is 882. The monoisotopic (exact) mass is 363 g/mol. The van der Waals surface area contributed by atoms with Crippen molar-refractivity contribution in [1.82, 2.24) is 15.2 Å². The zero-order chi connectivity index (χ0) is 19.2. The van der Waals surface area contributed by atoms with Crippen molar-refractivity contribution in [2.24, 2.45) is 0 Å². The summed E-state index contributed by atoms with van der Waals surface area (Å²) in [6.45, 7) is 4.09. The normalized spacial score (nSPS) is 13.8. The molecule has 0 spiro atoms. The molecule has 2 heterocycles. The molecule has 0 bridgehead atoms. The number of aryl methyl sites for hydroxylation is 1. The number of aromatic nitrogens is 1. The van der Waals surface area contributed by atoms with E-state index in [1.54, 1.807) is 35.4 Å². The summed E-state index contributed by atoms with van der Waals surface area (Å²) in [5, 5.41) is 11.9. The first-order valence-electron chi connectivity index (χ1n) is 8.82. The second-order valence-electron chi connectivity index (χ2n) is 6.35. The number of hydrogen-bond acceptors (Lipinski definition) is 5. The largest absolute Gasteiger partial charge is 0.352 e. The topological polar surface area (TPSA) is 89.3 Å². The Morgan fingerprint density at radius 1 is 1.15 bits per heavy atom. The average molecular weight is 363 g/mol. The number of benzene rings is 1. The average Bonchev–Trinajstić information content (AvgIpc) is 2.72. The van der Waals surface area contributed by atoms with Crippen molar-refractivity contribution in [3.63, 3.8) is 0 Å². The number of pyridine rings is 1. The molecule has 0 unspecified atom stereocenters. The number of rotatable bonds is 4. The number of amides is 2. The molecule has 2 aromatic rings. The number of carbonyl (C=O) groups is 2. The van der Waals surface area contributed by atoms with Gasteiger partial charge in [0, 0.05) is 37.9 Å². The third kappa shape index (κ3) is 4.23. The van der Waals surface area contributed by atoms with Gasteiger partial charge >= 0.3 is 0 Å². The Labute approximate surface area is 158 Å². The maximum Gasteiger partial charge on any atom is 0.251 e. The van der Waals surface area contributed by atoms with E-state index in [9.17, 15) is 14.9 Å². The summed E-state index contributed by atoms with van der Waals surface area (Å²) >= 11 is 0. The number of carbonyl (C=O) groups excluding carboxylic acids is 2. The van der Waals surface area contributed by atoms with E-state index in [0.29, 0.717) is 43.1 Å². The molecule has 1 aliphatic rings. The number of nitriles is 1. The van der Waals surface area contributed by atoms with Crippen molar-refractivity contribution in [2.75, 3.05) is 37.6 Å². The molecule has 0 saturated carbocycles. The number of nitrogens with one attached hydrogen (secondary N) is 1. The second kappa shape index (κ2) is 8.32. The lowest BCUT2D eigenvalue weighted by Crippen LogP contribution is -2.51. The predicted molar refractivity (Wildman–Crippen MR) is 101 cm³/mol. The van der Waals surface area contributed by atoms with Gasteiger partial charge in [-0.15, -0.1) is 0 Å². The number of anilines is 1. The second-order valence-corrected chi connectivity index (χ2v) is 6.35. The summed E-state index contributed by atoms with van der Waals surface area (Å²) in [5.74, 6) is 0.297. The molecule has 3 rings (SSSR count). The van der Waals surface area contributed by atoms with Crippen LogP contribution in [-0.2, 0) is 4.79 Å². The number of piperazine rings is 1. The van der Waals surface area contributed by atoms with Gasteiger partial charge in [0.25, 0.3) is 5.91 Å². The Kier molecular flexibility index (Phi) is 5.67. The van der Waals surface area contributed by atoms with Crippen LogP contribution in [0.15, 0.2) is 42.6 Å². The van der Waals surface area contributed by atoms with Crippen molar-refractivity contribution in [3.05, 3.63) is 59.3 Å². The molecular formula is C20H21N5O2. The Hall–Kier alpha value is -3.40. The molecule has 0 aliphatic carbocycles. The van der Waals surface area contributed by atoms with Crippen molar-refractivity contribution < 1.29 is 9.59 Å². The number of nitrogens with zero attached hydrogens (tertiary/aromatic N) is 4. The van der Waals surface area contributed by atoms with Crippen molar-refractivity contribution in [2.45, 2.75) is 6.92 Å². The molecular weight excluding hydrogens is 342 g/mol. The van der Waals surface area contributed by atoms with Crippen LogP contribution in [0.25, 0.3) is 0 Å². The molecule has 1 N–H and O–H groups in total. The highest BCUT2D eigenvalue weighted by Gasteiger charge is 2.23. The quantitative estimate of drug-likeness (QED) is 0.885. The van der Waals surface area contributed by atoms with Crippen molar-refractivity contribution in [1.29, 1.82) is 5.26 Å². The van der Waals surface area contributed by atoms with Crippen LogP contribution in [0.1, 0.15) is 21.5 Å². The van der Waals surface area contributed by atoms with Crippen molar-refractivity contribution >= 4 is 17.6 Å². The molecule has 1 fully saturated rings. The van der Waals surface area contributed by atoms with E-state index in [4.69, 9.17) is 0 Å². The van der Waals surface area contributed by atoms with E-state index in [2.05, 4.69) is 16.4 Å². The standard InChI is InChI=1S/C20H21N5O2/c1-15-5-2-3-7-17(15)20(27)23-14-18(26)24-9-11-25(12-10-24)19-16(13-21)6-4-8-22-19/h2-8H,9-12,14H2,1H3,(H,23,27). The highest BCUT2D eigenvalue weighted by Crippen LogP contribution is 2.18. The molecule has 1 aromatic heterocycles. The zero-order valence-electron chi connectivity index (χ0n) is 15.2. The summed E-state index contributed by atoms with van der Waals surface area (Å²) < 4.78 is 0. The lowest BCUT2D eigenvalue weighted by atomic mass is 10.1. The summed E-state index contributed by atoms with van der Waals surface area (Å²) in [5.41, 5.74) is 1.98. The van der Waals surface area contributed by atoms with Gasteiger partial charge in [-0.2, -0.15) is 5.26 Å². The van der Waals surface area contributed by atoms with Gasteiger partial charge < -0.3 is 15.1 Å². The van der Waals surface area contributed by atoms with Gasteiger partial charge in [-0.3, -0.25) is 9.59 Å². The highest BCUT2D eigenvalue weighted by molar-refractivity contribution is 5.97.